The molecule has 2 rings (SSSR count). The van der Waals surface area contributed by atoms with Crippen molar-refractivity contribution in [2.75, 3.05) is 31.6 Å². The fourth-order valence-electron chi connectivity index (χ4n) is 2.36. The summed E-state index contributed by atoms with van der Waals surface area (Å²) in [5, 5.41) is 0. The highest BCUT2D eigenvalue weighted by Crippen LogP contribution is 2.26. The number of hydrogen-bond acceptors (Lipinski definition) is 3. The number of ether oxygens (including phenoxy) is 1. The minimum absolute atomic E-state index is 0.195. The molecule has 94 valence electrons. The van der Waals surface area contributed by atoms with Gasteiger partial charge in [0.25, 0.3) is 0 Å². The highest BCUT2D eigenvalue weighted by Gasteiger charge is 2.23. The van der Waals surface area contributed by atoms with Crippen LogP contribution in [0.4, 0.5) is 10.1 Å². The molecule has 2 N–H and O–H groups in total. The van der Waals surface area contributed by atoms with Gasteiger partial charge in [-0.2, -0.15) is 0 Å². The summed E-state index contributed by atoms with van der Waals surface area (Å²) in [5.74, 6) is -0.195. The lowest BCUT2D eigenvalue weighted by atomic mass is 10.1. The molecular formula is C13H19FN2O. The molecule has 0 aliphatic carbocycles. The van der Waals surface area contributed by atoms with Gasteiger partial charge < -0.3 is 15.4 Å². The first-order chi connectivity index (χ1) is 8.24. The van der Waals surface area contributed by atoms with E-state index in [1.807, 2.05) is 6.07 Å². The van der Waals surface area contributed by atoms with Gasteiger partial charge in [0.2, 0.25) is 0 Å². The summed E-state index contributed by atoms with van der Waals surface area (Å²) in [4.78, 5) is 2.25. The Kier molecular flexibility index (Phi) is 3.97. The van der Waals surface area contributed by atoms with Crippen molar-refractivity contribution in [3.63, 3.8) is 0 Å². The van der Waals surface area contributed by atoms with Crippen LogP contribution in [0.25, 0.3) is 0 Å². The lowest BCUT2D eigenvalue weighted by Gasteiger charge is -2.21. The number of anilines is 1. The van der Waals surface area contributed by atoms with E-state index in [0.29, 0.717) is 13.0 Å². The zero-order valence-corrected chi connectivity index (χ0v) is 10.2. The molecule has 0 aromatic heterocycles. The Balaban J connectivity index is 2.19. The van der Waals surface area contributed by atoms with E-state index in [-0.39, 0.29) is 11.9 Å². The summed E-state index contributed by atoms with van der Waals surface area (Å²) in [5.41, 5.74) is 7.65. The maximum atomic E-state index is 13.2. The average Bonchev–Trinajstić information content (AvgIpc) is 2.78. The lowest BCUT2D eigenvalue weighted by molar-refractivity contribution is 0.121. The van der Waals surface area contributed by atoms with E-state index in [9.17, 15) is 4.39 Å². The van der Waals surface area contributed by atoms with Crippen LogP contribution in [0.1, 0.15) is 12.0 Å². The molecule has 1 aliphatic rings. The van der Waals surface area contributed by atoms with Crippen LogP contribution >= 0.6 is 0 Å². The minimum atomic E-state index is -0.195. The summed E-state index contributed by atoms with van der Waals surface area (Å²) >= 11 is 0. The fourth-order valence-corrected chi connectivity index (χ4v) is 2.36. The van der Waals surface area contributed by atoms with Crippen molar-refractivity contribution >= 4 is 5.69 Å². The van der Waals surface area contributed by atoms with Crippen LogP contribution in [-0.4, -0.2) is 32.8 Å². The zero-order chi connectivity index (χ0) is 12.3. The Hall–Kier alpha value is -1.13. The van der Waals surface area contributed by atoms with Gasteiger partial charge in [0, 0.05) is 25.9 Å². The molecule has 1 unspecified atom stereocenters. The number of rotatable bonds is 4. The van der Waals surface area contributed by atoms with E-state index in [1.54, 1.807) is 13.2 Å². The Morgan fingerprint density at radius 1 is 1.53 bits per heavy atom. The highest BCUT2D eigenvalue weighted by molar-refractivity contribution is 5.55. The van der Waals surface area contributed by atoms with E-state index >= 15 is 0 Å². The molecule has 1 aliphatic heterocycles. The normalized spacial score (nSPS) is 19.9. The number of nitrogens with zero attached hydrogens (tertiary/aromatic N) is 1. The summed E-state index contributed by atoms with van der Waals surface area (Å²) < 4.78 is 18.6. The van der Waals surface area contributed by atoms with Crippen LogP contribution in [-0.2, 0) is 11.2 Å². The molecule has 1 aromatic carbocycles. The number of hydrogen-bond donors (Lipinski definition) is 1. The first-order valence-electron chi connectivity index (χ1n) is 6.01. The van der Waals surface area contributed by atoms with Crippen LogP contribution in [0.15, 0.2) is 18.2 Å². The smallest absolute Gasteiger partial charge is 0.123 e. The van der Waals surface area contributed by atoms with E-state index in [2.05, 4.69) is 4.90 Å². The third-order valence-corrected chi connectivity index (χ3v) is 3.27. The van der Waals surface area contributed by atoms with Gasteiger partial charge in [-0.05, 0) is 43.1 Å². The standard InChI is InChI=1S/C13H19FN2O/c1-17-12-5-7-16(9-12)13-3-2-11(14)8-10(13)4-6-15/h2-3,8,12H,4-7,9,15H2,1H3. The second-order valence-corrected chi connectivity index (χ2v) is 4.40. The van der Waals surface area contributed by atoms with Crippen LogP contribution in [0.2, 0.25) is 0 Å². The Morgan fingerprint density at radius 3 is 3.00 bits per heavy atom. The van der Waals surface area contributed by atoms with Crippen molar-refractivity contribution in [1.82, 2.24) is 0 Å². The lowest BCUT2D eigenvalue weighted by Crippen LogP contribution is -2.23. The van der Waals surface area contributed by atoms with Crippen molar-refractivity contribution in [2.45, 2.75) is 18.9 Å². The molecular weight excluding hydrogens is 219 g/mol. The van der Waals surface area contributed by atoms with Crippen molar-refractivity contribution in [1.29, 1.82) is 0 Å². The van der Waals surface area contributed by atoms with Gasteiger partial charge in [-0.15, -0.1) is 0 Å². The molecule has 1 aromatic rings. The number of nitrogens with two attached hydrogens (primary N) is 1. The first-order valence-corrected chi connectivity index (χ1v) is 6.01. The molecule has 1 atom stereocenters. The minimum Gasteiger partial charge on any atom is -0.380 e. The van der Waals surface area contributed by atoms with Crippen LogP contribution in [0.5, 0.6) is 0 Å². The number of halogens is 1. The van der Waals surface area contributed by atoms with Gasteiger partial charge in [0.15, 0.2) is 0 Å². The molecule has 0 bridgehead atoms. The molecule has 0 amide bonds. The quantitative estimate of drug-likeness (QED) is 0.865. The maximum absolute atomic E-state index is 13.2. The number of benzene rings is 1. The van der Waals surface area contributed by atoms with Gasteiger partial charge in [-0.25, -0.2) is 4.39 Å². The molecule has 0 radical (unpaired) electrons. The molecule has 1 fully saturated rings. The predicted molar refractivity (Wildman–Crippen MR) is 66.8 cm³/mol. The summed E-state index contributed by atoms with van der Waals surface area (Å²) in [6, 6.07) is 4.94. The van der Waals surface area contributed by atoms with Crippen molar-refractivity contribution in [3.05, 3.63) is 29.6 Å². The monoisotopic (exact) mass is 238 g/mol. The summed E-state index contributed by atoms with van der Waals surface area (Å²) in [7, 11) is 1.74. The Bertz CT molecular complexity index is 384. The largest absolute Gasteiger partial charge is 0.380 e. The molecule has 4 heteroatoms. The topological polar surface area (TPSA) is 38.5 Å². The van der Waals surface area contributed by atoms with Crippen LogP contribution in [0, 0.1) is 5.82 Å². The molecule has 0 spiro atoms. The van der Waals surface area contributed by atoms with Gasteiger partial charge in [0.05, 0.1) is 6.10 Å². The highest BCUT2D eigenvalue weighted by atomic mass is 19.1. The Morgan fingerprint density at radius 2 is 2.35 bits per heavy atom. The molecule has 1 saturated heterocycles. The van der Waals surface area contributed by atoms with Gasteiger partial charge in [0.1, 0.15) is 5.82 Å². The molecule has 17 heavy (non-hydrogen) atoms. The molecule has 0 saturated carbocycles. The van der Waals surface area contributed by atoms with Crippen LogP contribution in [0.3, 0.4) is 0 Å². The molecule has 3 nitrogen and oxygen atoms in total. The van der Waals surface area contributed by atoms with E-state index in [0.717, 1.165) is 30.8 Å². The summed E-state index contributed by atoms with van der Waals surface area (Å²) in [6.07, 6.45) is 2.02. The second kappa shape index (κ2) is 5.47. The summed E-state index contributed by atoms with van der Waals surface area (Å²) in [6.45, 7) is 2.37. The van der Waals surface area contributed by atoms with Crippen molar-refractivity contribution < 1.29 is 9.13 Å². The Labute approximate surface area is 101 Å². The van der Waals surface area contributed by atoms with E-state index in [1.165, 1.54) is 6.07 Å². The van der Waals surface area contributed by atoms with Crippen LogP contribution < -0.4 is 10.6 Å². The fraction of sp³-hybridized carbons (Fsp3) is 0.538. The van der Waals surface area contributed by atoms with E-state index in [4.69, 9.17) is 10.5 Å². The average molecular weight is 238 g/mol. The third kappa shape index (κ3) is 2.76. The predicted octanol–water partition coefficient (Wildman–Crippen LogP) is 1.55. The van der Waals surface area contributed by atoms with Crippen molar-refractivity contribution in [2.24, 2.45) is 5.73 Å². The SMILES string of the molecule is COC1CCN(c2ccc(F)cc2CCN)C1. The van der Waals surface area contributed by atoms with Gasteiger partial charge in [-0.3, -0.25) is 0 Å². The number of methoxy groups -OCH3 is 1. The zero-order valence-electron chi connectivity index (χ0n) is 10.2. The van der Waals surface area contributed by atoms with Gasteiger partial charge >= 0.3 is 0 Å². The second-order valence-electron chi connectivity index (χ2n) is 4.40. The maximum Gasteiger partial charge on any atom is 0.123 e. The van der Waals surface area contributed by atoms with E-state index < -0.39 is 0 Å². The third-order valence-electron chi connectivity index (χ3n) is 3.27. The molecule has 1 heterocycles. The first kappa shape index (κ1) is 12.3. The van der Waals surface area contributed by atoms with Crippen molar-refractivity contribution in [3.8, 4) is 0 Å². The van der Waals surface area contributed by atoms with Gasteiger partial charge in [-0.1, -0.05) is 0 Å².